The molecule has 0 radical (unpaired) electrons. The van der Waals surface area contributed by atoms with Gasteiger partial charge in [-0.05, 0) is 12.1 Å². The van der Waals surface area contributed by atoms with E-state index in [1.54, 1.807) is 17.0 Å². The van der Waals surface area contributed by atoms with Crippen molar-refractivity contribution >= 4 is 39.7 Å². The zero-order valence-corrected chi connectivity index (χ0v) is 15.5. The van der Waals surface area contributed by atoms with E-state index in [1.165, 1.54) is 14.2 Å². The van der Waals surface area contributed by atoms with Gasteiger partial charge in [0.15, 0.2) is 0 Å². The topological polar surface area (TPSA) is 94.5 Å². The van der Waals surface area contributed by atoms with Crippen molar-refractivity contribution in [3.8, 4) is 11.5 Å². The molecule has 0 spiro atoms. The van der Waals surface area contributed by atoms with Crippen LogP contribution < -0.4 is 14.4 Å². The first-order chi connectivity index (χ1) is 13.0. The maximum Gasteiger partial charge on any atom is 0.145 e. The normalized spacial score (nSPS) is 14.3. The van der Waals surface area contributed by atoms with Crippen LogP contribution in [0.1, 0.15) is 5.82 Å². The van der Waals surface area contributed by atoms with E-state index in [1.807, 2.05) is 24.3 Å². The van der Waals surface area contributed by atoms with Crippen molar-refractivity contribution in [3.63, 3.8) is 0 Å². The molecule has 0 saturated carbocycles. The largest absolute Gasteiger partial charge is 0.509 e. The van der Waals surface area contributed by atoms with Gasteiger partial charge in [-0.1, -0.05) is 23.7 Å². The maximum atomic E-state index is 10.6. The number of methoxy groups -OCH3 is 2. The van der Waals surface area contributed by atoms with Gasteiger partial charge in [0.2, 0.25) is 0 Å². The number of halogens is 1. The summed E-state index contributed by atoms with van der Waals surface area (Å²) in [7, 11) is 3.04. The van der Waals surface area contributed by atoms with Crippen LogP contribution in [0, 0.1) is 5.41 Å². The number of amidine groups is 1. The highest BCUT2D eigenvalue weighted by Gasteiger charge is 2.33. The van der Waals surface area contributed by atoms with Crippen LogP contribution in [0.3, 0.4) is 0 Å². The molecule has 4 rings (SSSR count). The minimum atomic E-state index is 0.0510. The lowest BCUT2D eigenvalue weighted by Gasteiger charge is -2.22. The zero-order chi connectivity index (χ0) is 19.1. The van der Waals surface area contributed by atoms with Crippen molar-refractivity contribution in [3.05, 3.63) is 53.0 Å². The summed E-state index contributed by atoms with van der Waals surface area (Å²) >= 11 is 6.17. The third-order valence-corrected chi connectivity index (χ3v) is 4.77. The highest BCUT2D eigenvalue weighted by atomic mass is 35.5. The van der Waals surface area contributed by atoms with Crippen LogP contribution in [0.4, 0.5) is 5.69 Å². The monoisotopic (exact) mass is 384 g/mol. The van der Waals surface area contributed by atoms with Crippen LogP contribution >= 0.6 is 11.6 Å². The lowest BCUT2D eigenvalue weighted by Crippen LogP contribution is -2.26. The summed E-state index contributed by atoms with van der Waals surface area (Å²) in [5.41, 5.74) is 2.53. The summed E-state index contributed by atoms with van der Waals surface area (Å²) in [5.74, 6) is 1.53. The van der Waals surface area contributed by atoms with Gasteiger partial charge in [0.1, 0.15) is 28.9 Å². The van der Waals surface area contributed by atoms with Crippen molar-refractivity contribution < 1.29 is 14.6 Å². The molecule has 0 bridgehead atoms. The summed E-state index contributed by atoms with van der Waals surface area (Å²) in [6, 6.07) is 10.9. The molecule has 0 atom stereocenters. The third-order valence-electron chi connectivity index (χ3n) is 4.47. The van der Waals surface area contributed by atoms with Crippen LogP contribution in [0.5, 0.6) is 11.5 Å². The van der Waals surface area contributed by atoms with Crippen molar-refractivity contribution in [1.82, 2.24) is 9.97 Å². The number of aliphatic hydroxyl groups is 1. The Morgan fingerprint density at radius 1 is 1.19 bits per heavy atom. The second kappa shape index (κ2) is 6.51. The smallest absolute Gasteiger partial charge is 0.145 e. The van der Waals surface area contributed by atoms with E-state index < -0.39 is 0 Å². The molecule has 138 valence electrons. The van der Waals surface area contributed by atoms with Gasteiger partial charge in [-0.2, -0.15) is 0 Å². The molecule has 3 aromatic rings. The van der Waals surface area contributed by atoms with Crippen LogP contribution in [0.15, 0.2) is 42.2 Å². The molecule has 0 unspecified atom stereocenters. The number of anilines is 1. The molecule has 1 aromatic heterocycles. The molecule has 0 fully saturated rings. The Morgan fingerprint density at radius 2 is 1.93 bits per heavy atom. The Balaban J connectivity index is 1.76. The van der Waals surface area contributed by atoms with E-state index in [-0.39, 0.29) is 18.1 Å². The number of ether oxygens (including phenoxy) is 2. The zero-order valence-electron chi connectivity index (χ0n) is 14.7. The number of imidazole rings is 1. The first kappa shape index (κ1) is 17.2. The third kappa shape index (κ3) is 2.76. The Morgan fingerprint density at radius 3 is 2.63 bits per heavy atom. The van der Waals surface area contributed by atoms with Crippen LogP contribution in [0.2, 0.25) is 5.02 Å². The Hall–Kier alpha value is -3.19. The SMILES string of the molecule is COc1cc(N2CC(O)=C(c3nc4ccccc4[nH]3)C2=N)c(OC)cc1Cl. The van der Waals surface area contributed by atoms with Crippen molar-refractivity contribution in [2.24, 2.45) is 0 Å². The number of H-pyrrole nitrogens is 1. The molecule has 0 saturated heterocycles. The molecule has 1 aliphatic heterocycles. The number of rotatable bonds is 4. The van der Waals surface area contributed by atoms with E-state index in [0.29, 0.717) is 33.6 Å². The molecule has 8 heteroatoms. The number of hydrogen-bond acceptors (Lipinski definition) is 5. The fourth-order valence-corrected chi connectivity index (χ4v) is 3.39. The molecule has 27 heavy (non-hydrogen) atoms. The van der Waals surface area contributed by atoms with Crippen molar-refractivity contribution in [2.75, 3.05) is 25.7 Å². The first-order valence-electron chi connectivity index (χ1n) is 8.18. The Labute approximate surface area is 160 Å². The van der Waals surface area contributed by atoms with Gasteiger partial charge < -0.3 is 24.5 Å². The van der Waals surface area contributed by atoms with E-state index in [0.717, 1.165) is 11.0 Å². The summed E-state index contributed by atoms with van der Waals surface area (Å²) in [6.07, 6.45) is 0. The van der Waals surface area contributed by atoms with Gasteiger partial charge in [-0.15, -0.1) is 0 Å². The average Bonchev–Trinajstić information content (AvgIpc) is 3.21. The number of aromatic nitrogens is 2. The molecule has 7 nitrogen and oxygen atoms in total. The summed E-state index contributed by atoms with van der Waals surface area (Å²) in [4.78, 5) is 9.27. The number of nitrogens with zero attached hydrogens (tertiary/aromatic N) is 2. The van der Waals surface area contributed by atoms with Gasteiger partial charge in [-0.25, -0.2) is 4.98 Å². The maximum absolute atomic E-state index is 10.6. The van der Waals surface area contributed by atoms with Gasteiger partial charge in [0.05, 0.1) is 48.1 Å². The second-order valence-corrected chi connectivity index (χ2v) is 6.42. The summed E-state index contributed by atoms with van der Waals surface area (Å²) in [5, 5.41) is 19.6. The predicted molar refractivity (Wildman–Crippen MR) is 105 cm³/mol. The molecule has 1 aliphatic rings. The lowest BCUT2D eigenvalue weighted by molar-refractivity contribution is 0.400. The van der Waals surface area contributed by atoms with E-state index in [2.05, 4.69) is 9.97 Å². The molecule has 2 aromatic carbocycles. The minimum absolute atomic E-state index is 0.0510. The molecule has 3 N–H and O–H groups in total. The standard InChI is InChI=1S/C19H17ClN4O3/c1-26-15-8-13(16(27-2)7-10(15)20)24-9-14(25)17(18(24)21)19-22-11-5-3-4-6-12(11)23-19/h3-8,21,25H,9H2,1-2H3,(H,22,23). The molecule has 0 aliphatic carbocycles. The van der Waals surface area contributed by atoms with E-state index >= 15 is 0 Å². The first-order valence-corrected chi connectivity index (χ1v) is 8.56. The number of aliphatic hydroxyl groups excluding tert-OH is 1. The fraction of sp³-hybridized carbons (Fsp3) is 0.158. The minimum Gasteiger partial charge on any atom is -0.509 e. The van der Waals surface area contributed by atoms with Gasteiger partial charge in [0, 0.05) is 12.1 Å². The lowest BCUT2D eigenvalue weighted by atomic mass is 10.2. The van der Waals surface area contributed by atoms with Crippen molar-refractivity contribution in [1.29, 1.82) is 5.41 Å². The van der Waals surface area contributed by atoms with E-state index in [9.17, 15) is 5.11 Å². The van der Waals surface area contributed by atoms with Crippen LogP contribution in [-0.2, 0) is 0 Å². The van der Waals surface area contributed by atoms with Gasteiger partial charge >= 0.3 is 0 Å². The van der Waals surface area contributed by atoms with Crippen molar-refractivity contribution in [2.45, 2.75) is 0 Å². The van der Waals surface area contributed by atoms with Gasteiger partial charge in [-0.3, -0.25) is 5.41 Å². The Kier molecular flexibility index (Phi) is 4.16. The summed E-state index contributed by atoms with van der Waals surface area (Å²) < 4.78 is 10.7. The average molecular weight is 385 g/mol. The Bertz CT molecular complexity index is 1060. The quantitative estimate of drug-likeness (QED) is 0.632. The van der Waals surface area contributed by atoms with Gasteiger partial charge in [0.25, 0.3) is 0 Å². The second-order valence-electron chi connectivity index (χ2n) is 6.02. The number of para-hydroxylation sites is 2. The molecule has 2 heterocycles. The number of hydrogen-bond donors (Lipinski definition) is 3. The molecular formula is C19H17ClN4O3. The number of nitrogens with one attached hydrogen (secondary N) is 2. The van der Waals surface area contributed by atoms with Crippen LogP contribution in [0.25, 0.3) is 16.6 Å². The number of benzene rings is 2. The number of fused-ring (bicyclic) bond motifs is 1. The highest BCUT2D eigenvalue weighted by molar-refractivity contribution is 6.33. The summed E-state index contributed by atoms with van der Waals surface area (Å²) in [6.45, 7) is 0.117. The van der Waals surface area contributed by atoms with Crippen LogP contribution in [-0.4, -0.2) is 41.7 Å². The number of aromatic amines is 1. The van der Waals surface area contributed by atoms with E-state index in [4.69, 9.17) is 26.5 Å². The highest BCUT2D eigenvalue weighted by Crippen LogP contribution is 2.41. The predicted octanol–water partition coefficient (Wildman–Crippen LogP) is 4.00. The molecule has 0 amide bonds. The fourth-order valence-electron chi connectivity index (χ4n) is 3.16. The molecular weight excluding hydrogens is 368 g/mol.